The van der Waals surface area contributed by atoms with Crippen LogP contribution in [0.15, 0.2) is 24.4 Å². The number of rotatable bonds is 2. The number of alkyl halides is 1. The minimum absolute atomic E-state index is 0.414. The normalized spacial score (nSPS) is 26.9. The summed E-state index contributed by atoms with van der Waals surface area (Å²) in [5.41, 5.74) is 0.414. The summed E-state index contributed by atoms with van der Waals surface area (Å²) < 4.78 is 0. The molecule has 0 saturated carbocycles. The maximum atomic E-state index is 4.37. The highest BCUT2D eigenvalue weighted by Crippen LogP contribution is 2.33. The van der Waals surface area contributed by atoms with Crippen LogP contribution in [-0.4, -0.2) is 23.4 Å². The molecule has 2 heterocycles. The summed E-state index contributed by atoms with van der Waals surface area (Å²) in [6.45, 7) is 4.55. The molecular formula is C11H15BrN2. The van der Waals surface area contributed by atoms with Crippen molar-refractivity contribution in [3.05, 3.63) is 24.4 Å². The van der Waals surface area contributed by atoms with Gasteiger partial charge in [0, 0.05) is 24.6 Å². The van der Waals surface area contributed by atoms with Crippen LogP contribution in [0.25, 0.3) is 0 Å². The molecular weight excluding hydrogens is 240 g/mol. The van der Waals surface area contributed by atoms with E-state index in [1.54, 1.807) is 0 Å². The average molecular weight is 255 g/mol. The molecule has 0 aliphatic carbocycles. The highest BCUT2D eigenvalue weighted by atomic mass is 79.9. The average Bonchev–Trinajstić information content (AvgIpc) is 2.63. The Morgan fingerprint density at radius 1 is 1.57 bits per heavy atom. The molecule has 2 rings (SSSR count). The van der Waals surface area contributed by atoms with Gasteiger partial charge in [-0.1, -0.05) is 28.9 Å². The molecule has 14 heavy (non-hydrogen) atoms. The molecule has 1 saturated heterocycles. The zero-order valence-electron chi connectivity index (χ0n) is 8.41. The van der Waals surface area contributed by atoms with E-state index in [0.717, 1.165) is 24.2 Å². The molecule has 0 amide bonds. The van der Waals surface area contributed by atoms with Crippen LogP contribution >= 0.6 is 15.9 Å². The van der Waals surface area contributed by atoms with E-state index < -0.39 is 0 Å². The molecule has 0 spiro atoms. The van der Waals surface area contributed by atoms with Gasteiger partial charge in [0.15, 0.2) is 0 Å². The highest BCUT2D eigenvalue weighted by Gasteiger charge is 2.33. The zero-order chi connectivity index (χ0) is 10.0. The predicted molar refractivity (Wildman–Crippen MR) is 63.0 cm³/mol. The Bertz CT molecular complexity index is 301. The molecule has 76 valence electrons. The van der Waals surface area contributed by atoms with Crippen LogP contribution in [0.1, 0.15) is 13.3 Å². The third kappa shape index (κ3) is 1.92. The highest BCUT2D eigenvalue weighted by molar-refractivity contribution is 9.09. The smallest absolute Gasteiger partial charge is 0.128 e. The lowest BCUT2D eigenvalue weighted by atomic mass is 9.93. The number of anilines is 1. The second kappa shape index (κ2) is 3.89. The number of pyridine rings is 1. The second-order valence-electron chi connectivity index (χ2n) is 4.30. The lowest BCUT2D eigenvalue weighted by Crippen LogP contribution is -2.26. The maximum absolute atomic E-state index is 4.37. The topological polar surface area (TPSA) is 16.1 Å². The van der Waals surface area contributed by atoms with Crippen LogP contribution in [0.3, 0.4) is 0 Å². The van der Waals surface area contributed by atoms with Crippen LogP contribution in [0, 0.1) is 5.41 Å². The SMILES string of the molecule is CC1(CBr)CCN(c2ccccn2)C1. The molecule has 3 heteroatoms. The maximum Gasteiger partial charge on any atom is 0.128 e. The Morgan fingerprint density at radius 3 is 3.00 bits per heavy atom. The van der Waals surface area contributed by atoms with E-state index in [-0.39, 0.29) is 0 Å². The van der Waals surface area contributed by atoms with Crippen molar-refractivity contribution in [1.29, 1.82) is 0 Å². The molecule has 0 radical (unpaired) electrons. The van der Waals surface area contributed by atoms with Crippen molar-refractivity contribution in [2.24, 2.45) is 5.41 Å². The summed E-state index contributed by atoms with van der Waals surface area (Å²) >= 11 is 3.59. The molecule has 1 unspecified atom stereocenters. The number of aromatic nitrogens is 1. The van der Waals surface area contributed by atoms with E-state index >= 15 is 0 Å². The second-order valence-corrected chi connectivity index (χ2v) is 4.86. The van der Waals surface area contributed by atoms with Crippen molar-refractivity contribution in [2.75, 3.05) is 23.3 Å². The third-order valence-electron chi connectivity index (χ3n) is 2.85. The van der Waals surface area contributed by atoms with E-state index in [9.17, 15) is 0 Å². The molecule has 1 aliphatic heterocycles. The first-order valence-corrected chi connectivity index (χ1v) is 6.08. The monoisotopic (exact) mass is 254 g/mol. The van der Waals surface area contributed by atoms with Crippen LogP contribution in [-0.2, 0) is 0 Å². The molecule has 1 aliphatic rings. The number of hydrogen-bond acceptors (Lipinski definition) is 2. The summed E-state index contributed by atoms with van der Waals surface area (Å²) in [7, 11) is 0. The van der Waals surface area contributed by atoms with Gasteiger partial charge in [0.2, 0.25) is 0 Å². The minimum Gasteiger partial charge on any atom is -0.356 e. The largest absolute Gasteiger partial charge is 0.356 e. The standard InChI is InChI=1S/C11H15BrN2/c1-11(8-12)5-7-14(9-11)10-4-2-3-6-13-10/h2-4,6H,5,7-9H2,1H3. The van der Waals surface area contributed by atoms with Gasteiger partial charge in [-0.2, -0.15) is 0 Å². The van der Waals surface area contributed by atoms with Gasteiger partial charge in [-0.15, -0.1) is 0 Å². The Kier molecular flexibility index (Phi) is 2.77. The van der Waals surface area contributed by atoms with Crippen LogP contribution in [0.2, 0.25) is 0 Å². The van der Waals surface area contributed by atoms with E-state index in [2.05, 4.69) is 38.8 Å². The lowest BCUT2D eigenvalue weighted by Gasteiger charge is -2.22. The number of halogens is 1. The van der Waals surface area contributed by atoms with Gasteiger partial charge in [0.1, 0.15) is 5.82 Å². The molecule has 1 aromatic rings. The van der Waals surface area contributed by atoms with Crippen molar-refractivity contribution in [1.82, 2.24) is 4.98 Å². The fourth-order valence-corrected chi connectivity index (χ4v) is 2.33. The quantitative estimate of drug-likeness (QED) is 0.755. The Balaban J connectivity index is 2.10. The van der Waals surface area contributed by atoms with Crippen molar-refractivity contribution in [2.45, 2.75) is 13.3 Å². The molecule has 1 atom stereocenters. The molecule has 2 nitrogen and oxygen atoms in total. The van der Waals surface area contributed by atoms with Crippen molar-refractivity contribution >= 4 is 21.7 Å². The Hall–Kier alpha value is -0.570. The molecule has 0 N–H and O–H groups in total. The van der Waals surface area contributed by atoms with E-state index in [1.165, 1.54) is 6.42 Å². The fraction of sp³-hybridized carbons (Fsp3) is 0.545. The van der Waals surface area contributed by atoms with Crippen molar-refractivity contribution < 1.29 is 0 Å². The van der Waals surface area contributed by atoms with Crippen molar-refractivity contribution in [3.8, 4) is 0 Å². The van der Waals surface area contributed by atoms with E-state index in [1.807, 2.05) is 18.3 Å². The summed E-state index contributed by atoms with van der Waals surface area (Å²) in [6, 6.07) is 6.09. The van der Waals surface area contributed by atoms with Crippen LogP contribution < -0.4 is 4.90 Å². The van der Waals surface area contributed by atoms with Crippen LogP contribution in [0.4, 0.5) is 5.82 Å². The minimum atomic E-state index is 0.414. The molecule has 1 fully saturated rings. The van der Waals surface area contributed by atoms with E-state index in [4.69, 9.17) is 0 Å². The van der Waals surface area contributed by atoms with Gasteiger partial charge in [-0.3, -0.25) is 0 Å². The van der Waals surface area contributed by atoms with Crippen LogP contribution in [0.5, 0.6) is 0 Å². The van der Waals surface area contributed by atoms with Gasteiger partial charge in [0.05, 0.1) is 0 Å². The molecule has 0 aromatic carbocycles. The van der Waals surface area contributed by atoms with Crippen molar-refractivity contribution in [3.63, 3.8) is 0 Å². The fourth-order valence-electron chi connectivity index (χ4n) is 1.87. The van der Waals surface area contributed by atoms with Gasteiger partial charge in [-0.25, -0.2) is 4.98 Å². The lowest BCUT2D eigenvalue weighted by molar-refractivity contribution is 0.432. The van der Waals surface area contributed by atoms with E-state index in [0.29, 0.717) is 5.41 Å². The molecule has 0 bridgehead atoms. The Labute approximate surface area is 93.5 Å². The first kappa shape index (κ1) is 9.97. The Morgan fingerprint density at radius 2 is 2.43 bits per heavy atom. The number of nitrogens with zero attached hydrogens (tertiary/aromatic N) is 2. The zero-order valence-corrected chi connectivity index (χ0v) is 10.00. The molecule has 1 aromatic heterocycles. The van der Waals surface area contributed by atoms with Gasteiger partial charge in [-0.05, 0) is 24.0 Å². The summed E-state index contributed by atoms with van der Waals surface area (Å²) in [4.78, 5) is 6.73. The number of hydrogen-bond donors (Lipinski definition) is 0. The first-order valence-electron chi connectivity index (χ1n) is 4.95. The first-order chi connectivity index (χ1) is 6.73. The van der Waals surface area contributed by atoms with Gasteiger partial charge >= 0.3 is 0 Å². The predicted octanol–water partition coefficient (Wildman–Crippen LogP) is 2.69. The summed E-state index contributed by atoms with van der Waals surface area (Å²) in [6.07, 6.45) is 3.11. The summed E-state index contributed by atoms with van der Waals surface area (Å²) in [5.74, 6) is 1.11. The van der Waals surface area contributed by atoms with Gasteiger partial charge < -0.3 is 4.90 Å². The summed E-state index contributed by atoms with van der Waals surface area (Å²) in [5, 5.41) is 1.07. The van der Waals surface area contributed by atoms with Gasteiger partial charge in [0.25, 0.3) is 0 Å². The third-order valence-corrected chi connectivity index (χ3v) is 4.21.